The minimum atomic E-state index is -4.63. The summed E-state index contributed by atoms with van der Waals surface area (Å²) < 4.78 is 79.3. The van der Waals surface area contributed by atoms with E-state index < -0.39 is 47.9 Å². The Morgan fingerprint density at radius 2 is 1.76 bits per heavy atom. The second-order valence-electron chi connectivity index (χ2n) is 9.43. The van der Waals surface area contributed by atoms with E-state index in [9.17, 15) is 26.7 Å². The zero-order valence-corrected chi connectivity index (χ0v) is 20.8. The highest BCUT2D eigenvalue weighted by molar-refractivity contribution is 5.93. The van der Waals surface area contributed by atoms with E-state index in [0.717, 1.165) is 6.07 Å². The van der Waals surface area contributed by atoms with Gasteiger partial charge in [-0.15, -0.1) is 0 Å². The van der Waals surface area contributed by atoms with Crippen LogP contribution in [-0.2, 0) is 11.3 Å². The lowest BCUT2D eigenvalue weighted by atomic mass is 9.94. The zero-order chi connectivity index (χ0) is 27.6. The number of carboxylic acid groups (broad SMARTS) is 1. The molecule has 0 radical (unpaired) electrons. The van der Waals surface area contributed by atoms with Gasteiger partial charge in [0.25, 0.3) is 0 Å². The van der Waals surface area contributed by atoms with Crippen molar-refractivity contribution in [2.75, 3.05) is 25.1 Å². The van der Waals surface area contributed by atoms with Gasteiger partial charge in [0.1, 0.15) is 23.3 Å². The van der Waals surface area contributed by atoms with Gasteiger partial charge in [-0.3, -0.25) is 9.80 Å². The van der Waals surface area contributed by atoms with E-state index in [1.165, 1.54) is 25.1 Å². The van der Waals surface area contributed by atoms with Gasteiger partial charge in [-0.1, -0.05) is 19.1 Å². The van der Waals surface area contributed by atoms with Gasteiger partial charge in [0, 0.05) is 44.0 Å². The molecule has 12 heteroatoms. The Balaban J connectivity index is 1.36. The highest BCUT2D eigenvalue weighted by atomic mass is 19.4. The number of piperidine rings is 1. The van der Waals surface area contributed by atoms with Gasteiger partial charge in [-0.05, 0) is 17.7 Å². The van der Waals surface area contributed by atoms with E-state index in [1.54, 1.807) is 29.2 Å². The number of carbonyl (C=O) groups is 1. The maximum atomic E-state index is 14.3. The van der Waals surface area contributed by atoms with Crippen LogP contribution in [0.4, 0.5) is 27.6 Å². The number of rotatable bonds is 8. The quantitative estimate of drug-likeness (QED) is 0.461. The van der Waals surface area contributed by atoms with Crippen LogP contribution in [0.15, 0.2) is 41.5 Å². The van der Waals surface area contributed by atoms with Crippen molar-refractivity contribution in [3.8, 4) is 11.5 Å². The molecule has 0 aromatic heterocycles. The first-order valence-corrected chi connectivity index (χ1v) is 12.1. The van der Waals surface area contributed by atoms with E-state index >= 15 is 0 Å². The zero-order valence-electron chi connectivity index (χ0n) is 20.8. The molecule has 0 spiro atoms. The summed E-state index contributed by atoms with van der Waals surface area (Å²) in [6, 6.07) is 8.33. The first kappa shape index (κ1) is 27.5. The van der Waals surface area contributed by atoms with Crippen molar-refractivity contribution >= 4 is 17.4 Å². The molecule has 4 rings (SSSR count). The molecule has 38 heavy (non-hydrogen) atoms. The topological polar surface area (TPSA) is 74.6 Å². The molecule has 2 aliphatic heterocycles. The maximum Gasteiger partial charge on any atom is 0.431 e. The van der Waals surface area contributed by atoms with Gasteiger partial charge in [-0.25, -0.2) is 8.78 Å². The Kier molecular flexibility index (Phi) is 7.98. The molecule has 0 aliphatic carbocycles. The minimum Gasteiger partial charge on any atom is -0.497 e. The number of nitrogens with zero attached hydrogens (tertiary/aromatic N) is 3. The molecule has 0 bridgehead atoms. The maximum absolute atomic E-state index is 14.3. The van der Waals surface area contributed by atoms with E-state index in [4.69, 9.17) is 14.6 Å². The summed E-state index contributed by atoms with van der Waals surface area (Å²) >= 11 is 0. The molecule has 1 fully saturated rings. The average Bonchev–Trinajstić information content (AvgIpc) is 3.17. The number of benzene rings is 2. The molecule has 2 aromatic carbocycles. The van der Waals surface area contributed by atoms with Crippen molar-refractivity contribution in [3.05, 3.63) is 53.6 Å². The van der Waals surface area contributed by atoms with E-state index in [1.807, 2.05) is 0 Å². The molecule has 2 atom stereocenters. The monoisotopic (exact) mass is 541 g/mol. The van der Waals surface area contributed by atoms with Gasteiger partial charge >= 0.3 is 12.1 Å². The summed E-state index contributed by atoms with van der Waals surface area (Å²) in [7, 11) is 1.38. The fraction of sp³-hybridized carbons (Fsp3) is 0.462. The van der Waals surface area contributed by atoms with E-state index in [-0.39, 0.29) is 24.1 Å². The Morgan fingerprint density at radius 1 is 1.11 bits per heavy atom. The van der Waals surface area contributed by atoms with Crippen LogP contribution < -0.4 is 14.4 Å². The number of carboxylic acids is 1. The largest absolute Gasteiger partial charge is 0.497 e. The van der Waals surface area contributed by atoms with Crippen molar-refractivity contribution in [3.63, 3.8) is 0 Å². The Labute approximate surface area is 216 Å². The first-order chi connectivity index (χ1) is 18.0. The lowest BCUT2D eigenvalue weighted by Gasteiger charge is -2.34. The van der Waals surface area contributed by atoms with Crippen molar-refractivity contribution in [2.24, 2.45) is 11.0 Å². The second-order valence-corrected chi connectivity index (χ2v) is 9.43. The average molecular weight is 542 g/mol. The SMILES string of the molecule is COc1cc(F)c(F)c(N2CCC(Oc3ccc(CN4N=C(C(F)(F)F)[C@@H](C)[C@@H]4CC(=O)O)cc3)CC2)c1. The van der Waals surface area contributed by atoms with Crippen molar-refractivity contribution < 1.29 is 41.3 Å². The van der Waals surface area contributed by atoms with Crippen LogP contribution in [0, 0.1) is 17.6 Å². The Morgan fingerprint density at radius 3 is 2.34 bits per heavy atom. The molecule has 0 amide bonds. The number of methoxy groups -OCH3 is 1. The van der Waals surface area contributed by atoms with Gasteiger partial charge in [0.2, 0.25) is 0 Å². The fourth-order valence-corrected chi connectivity index (χ4v) is 4.84. The van der Waals surface area contributed by atoms with E-state index in [2.05, 4.69) is 5.10 Å². The fourth-order valence-electron chi connectivity index (χ4n) is 4.84. The number of aliphatic carboxylic acids is 1. The first-order valence-electron chi connectivity index (χ1n) is 12.1. The molecule has 0 saturated carbocycles. The molecule has 1 N–H and O–H groups in total. The normalized spacial score (nSPS) is 20.4. The highest BCUT2D eigenvalue weighted by Gasteiger charge is 2.48. The molecule has 206 valence electrons. The van der Waals surface area contributed by atoms with Crippen LogP contribution in [0.1, 0.15) is 31.7 Å². The molecule has 7 nitrogen and oxygen atoms in total. The number of anilines is 1. The number of hydrazone groups is 1. The van der Waals surface area contributed by atoms with Crippen LogP contribution in [0.2, 0.25) is 0 Å². The Hall–Kier alpha value is -3.57. The molecule has 1 saturated heterocycles. The number of alkyl halides is 3. The lowest BCUT2D eigenvalue weighted by Crippen LogP contribution is -2.38. The minimum absolute atomic E-state index is 0.0171. The van der Waals surface area contributed by atoms with Crippen LogP contribution in [-0.4, -0.2) is 60.3 Å². The highest BCUT2D eigenvalue weighted by Crippen LogP contribution is 2.35. The lowest BCUT2D eigenvalue weighted by molar-refractivity contribution is -0.138. The number of hydrogen-bond donors (Lipinski definition) is 1. The molecule has 2 aromatic rings. The third-order valence-electron chi connectivity index (χ3n) is 6.87. The smallest absolute Gasteiger partial charge is 0.431 e. The molecule has 2 aliphatic rings. The molecule has 2 heterocycles. The standard InChI is InChI=1S/C26H28F5N3O4/c1-15-21(13-23(35)36)34(32-25(15)26(29,30)31)14-16-3-5-17(6-4-16)38-18-7-9-33(10-8-18)22-12-19(37-2)11-20(27)24(22)28/h3-6,11-12,15,18,21H,7-10,13-14H2,1-2H3,(H,35,36)/t15-,21-/m0/s1. The Bertz CT molecular complexity index is 1180. The van der Waals surface area contributed by atoms with Crippen molar-refractivity contribution in [2.45, 2.75) is 51.1 Å². The second kappa shape index (κ2) is 11.0. The van der Waals surface area contributed by atoms with Gasteiger partial charge < -0.3 is 19.5 Å². The van der Waals surface area contributed by atoms with Crippen LogP contribution in [0.5, 0.6) is 11.5 Å². The summed E-state index contributed by atoms with van der Waals surface area (Å²) in [5, 5.41) is 14.1. The molecular formula is C26H28F5N3O4. The number of halogens is 5. The van der Waals surface area contributed by atoms with Crippen molar-refractivity contribution in [1.29, 1.82) is 0 Å². The number of hydrogen-bond acceptors (Lipinski definition) is 6. The summed E-state index contributed by atoms with van der Waals surface area (Å²) in [6.45, 7) is 2.25. The predicted octanol–water partition coefficient (Wildman–Crippen LogP) is 5.23. The summed E-state index contributed by atoms with van der Waals surface area (Å²) in [5.74, 6) is -3.38. The van der Waals surface area contributed by atoms with Gasteiger partial charge in [0.05, 0.1) is 31.8 Å². The summed E-state index contributed by atoms with van der Waals surface area (Å²) in [6.07, 6.45) is -4.12. The third kappa shape index (κ3) is 6.11. The van der Waals surface area contributed by atoms with Gasteiger partial charge in [0.15, 0.2) is 11.6 Å². The number of ether oxygens (including phenoxy) is 2. The van der Waals surface area contributed by atoms with Crippen LogP contribution in [0.25, 0.3) is 0 Å². The molecule has 0 unspecified atom stereocenters. The van der Waals surface area contributed by atoms with Gasteiger partial charge in [-0.2, -0.15) is 18.3 Å². The van der Waals surface area contributed by atoms with Crippen LogP contribution >= 0.6 is 0 Å². The predicted molar refractivity (Wildman–Crippen MR) is 129 cm³/mol. The van der Waals surface area contributed by atoms with Crippen LogP contribution in [0.3, 0.4) is 0 Å². The third-order valence-corrected chi connectivity index (χ3v) is 6.87. The summed E-state index contributed by atoms with van der Waals surface area (Å²) in [5.41, 5.74) is -0.192. The molecular weight excluding hydrogens is 513 g/mol. The summed E-state index contributed by atoms with van der Waals surface area (Å²) in [4.78, 5) is 13.0. The van der Waals surface area contributed by atoms with Crippen molar-refractivity contribution in [1.82, 2.24) is 5.01 Å². The van der Waals surface area contributed by atoms with E-state index in [0.29, 0.717) is 37.2 Å².